The Balaban J connectivity index is 1.89. The van der Waals surface area contributed by atoms with Crippen molar-refractivity contribution in [2.45, 2.75) is 31.1 Å². The van der Waals surface area contributed by atoms with Gasteiger partial charge in [0.05, 0.1) is 23.4 Å². The Kier molecular flexibility index (Phi) is 5.85. The zero-order chi connectivity index (χ0) is 20.4. The van der Waals surface area contributed by atoms with Gasteiger partial charge in [0, 0.05) is 18.3 Å². The first-order valence-electron chi connectivity index (χ1n) is 9.07. The molecule has 1 aliphatic heterocycles. The van der Waals surface area contributed by atoms with Crippen LogP contribution in [0.2, 0.25) is 0 Å². The fourth-order valence-electron chi connectivity index (χ4n) is 3.27. The van der Waals surface area contributed by atoms with Crippen molar-refractivity contribution in [2.24, 2.45) is 0 Å². The molecule has 0 spiro atoms. The van der Waals surface area contributed by atoms with E-state index in [1.54, 1.807) is 30.3 Å². The van der Waals surface area contributed by atoms with Crippen LogP contribution in [0.1, 0.15) is 25.3 Å². The Labute approximate surface area is 166 Å². The third kappa shape index (κ3) is 4.25. The minimum atomic E-state index is -3.78. The molecule has 28 heavy (non-hydrogen) atoms. The number of hydrogen-bond acceptors (Lipinski definition) is 5. The van der Waals surface area contributed by atoms with Crippen molar-refractivity contribution in [2.75, 3.05) is 28.4 Å². The first-order valence-corrected chi connectivity index (χ1v) is 12.2. The van der Waals surface area contributed by atoms with Crippen molar-refractivity contribution in [3.8, 4) is 5.75 Å². The molecule has 1 heterocycles. The molecule has 1 N–H and O–H groups in total. The lowest BCUT2D eigenvalue weighted by atomic mass is 10.0. The van der Waals surface area contributed by atoms with E-state index in [2.05, 4.69) is 4.72 Å². The van der Waals surface area contributed by atoms with Crippen LogP contribution in [-0.4, -0.2) is 36.2 Å². The quantitative estimate of drug-likeness (QED) is 0.738. The number of fused-ring (bicyclic) bond motifs is 1. The molecule has 7 nitrogen and oxygen atoms in total. The molecule has 0 saturated carbocycles. The first kappa shape index (κ1) is 20.5. The van der Waals surface area contributed by atoms with Gasteiger partial charge in [-0.05, 0) is 55.2 Å². The molecule has 0 saturated heterocycles. The van der Waals surface area contributed by atoms with E-state index >= 15 is 0 Å². The minimum Gasteiger partial charge on any atom is -0.497 e. The lowest BCUT2D eigenvalue weighted by Gasteiger charge is -2.30. The number of methoxy groups -OCH3 is 1. The molecule has 0 bridgehead atoms. The van der Waals surface area contributed by atoms with Crippen LogP contribution in [0.4, 0.5) is 11.4 Å². The summed E-state index contributed by atoms with van der Waals surface area (Å²) in [6.07, 6.45) is 1.94. The average Bonchev–Trinajstić information content (AvgIpc) is 2.67. The maximum Gasteiger partial charge on any atom is 0.262 e. The summed E-state index contributed by atoms with van der Waals surface area (Å²) >= 11 is 0. The van der Waals surface area contributed by atoms with Gasteiger partial charge in [-0.25, -0.2) is 16.8 Å². The molecule has 0 radical (unpaired) electrons. The zero-order valence-corrected chi connectivity index (χ0v) is 17.5. The third-order valence-corrected chi connectivity index (χ3v) is 7.91. The lowest BCUT2D eigenvalue weighted by Crippen LogP contribution is -2.37. The average molecular weight is 425 g/mol. The number of aryl methyl sites for hydroxylation is 1. The summed E-state index contributed by atoms with van der Waals surface area (Å²) in [5, 5.41) is 0. The predicted octanol–water partition coefficient (Wildman–Crippen LogP) is 2.99. The second-order valence-corrected chi connectivity index (χ2v) is 10.3. The van der Waals surface area contributed by atoms with Crippen LogP contribution >= 0.6 is 0 Å². The Hall–Kier alpha value is -2.26. The van der Waals surface area contributed by atoms with E-state index < -0.39 is 20.0 Å². The highest BCUT2D eigenvalue weighted by molar-refractivity contribution is 7.93. The SMILES string of the molecule is CCCS(=O)(=O)N1CCCc2cc(NS(=O)(=O)c3cccc(OC)c3)ccc21. The number of ether oxygens (including phenoxy) is 1. The molecule has 0 unspecified atom stereocenters. The lowest BCUT2D eigenvalue weighted by molar-refractivity contribution is 0.413. The number of sulfonamides is 2. The van der Waals surface area contributed by atoms with E-state index in [4.69, 9.17) is 4.74 Å². The molecule has 1 aliphatic rings. The van der Waals surface area contributed by atoms with Crippen LogP contribution in [0, 0.1) is 0 Å². The maximum atomic E-state index is 12.7. The van der Waals surface area contributed by atoms with E-state index in [9.17, 15) is 16.8 Å². The summed E-state index contributed by atoms with van der Waals surface area (Å²) in [5.74, 6) is 0.543. The van der Waals surface area contributed by atoms with Crippen LogP contribution in [0.3, 0.4) is 0 Å². The van der Waals surface area contributed by atoms with E-state index in [0.717, 1.165) is 5.56 Å². The van der Waals surface area contributed by atoms with Gasteiger partial charge in [0.2, 0.25) is 10.0 Å². The van der Waals surface area contributed by atoms with Crippen molar-refractivity contribution in [1.82, 2.24) is 0 Å². The van der Waals surface area contributed by atoms with Crippen LogP contribution in [0.5, 0.6) is 5.75 Å². The molecule has 152 valence electrons. The highest BCUT2D eigenvalue weighted by atomic mass is 32.2. The van der Waals surface area contributed by atoms with Crippen LogP contribution in [0.15, 0.2) is 47.4 Å². The molecular formula is C19H24N2O5S2. The summed E-state index contributed by atoms with van der Waals surface area (Å²) in [4.78, 5) is 0.0942. The molecule has 0 aromatic heterocycles. The van der Waals surface area contributed by atoms with Crippen LogP contribution < -0.4 is 13.8 Å². The minimum absolute atomic E-state index is 0.0939. The number of nitrogens with one attached hydrogen (secondary N) is 1. The summed E-state index contributed by atoms with van der Waals surface area (Å²) < 4.78 is 59.5. The van der Waals surface area contributed by atoms with Gasteiger partial charge in [0.25, 0.3) is 10.0 Å². The molecule has 0 amide bonds. The third-order valence-electron chi connectivity index (χ3n) is 4.56. The molecule has 2 aromatic carbocycles. The molecule has 2 aromatic rings. The van der Waals surface area contributed by atoms with Crippen molar-refractivity contribution in [1.29, 1.82) is 0 Å². The second-order valence-electron chi connectivity index (χ2n) is 6.62. The molecule has 0 fully saturated rings. The first-order chi connectivity index (χ1) is 13.3. The van der Waals surface area contributed by atoms with Gasteiger partial charge in [-0.1, -0.05) is 13.0 Å². The summed E-state index contributed by atoms with van der Waals surface area (Å²) in [7, 11) is -5.68. The Morgan fingerprint density at radius 3 is 2.61 bits per heavy atom. The van der Waals surface area contributed by atoms with Crippen LogP contribution in [0.25, 0.3) is 0 Å². The zero-order valence-electron chi connectivity index (χ0n) is 15.9. The van der Waals surface area contributed by atoms with Crippen molar-refractivity contribution < 1.29 is 21.6 Å². The van der Waals surface area contributed by atoms with E-state index in [0.29, 0.717) is 42.9 Å². The van der Waals surface area contributed by atoms with Gasteiger partial charge in [-0.2, -0.15) is 0 Å². The van der Waals surface area contributed by atoms with Gasteiger partial charge in [0.1, 0.15) is 5.75 Å². The molecule has 3 rings (SSSR count). The largest absolute Gasteiger partial charge is 0.497 e. The van der Waals surface area contributed by atoms with E-state index in [-0.39, 0.29) is 10.6 Å². The Morgan fingerprint density at radius 2 is 1.89 bits per heavy atom. The molecule has 0 aliphatic carbocycles. The number of benzene rings is 2. The summed E-state index contributed by atoms with van der Waals surface area (Å²) in [5.41, 5.74) is 1.84. The van der Waals surface area contributed by atoms with Crippen molar-refractivity contribution in [3.63, 3.8) is 0 Å². The highest BCUT2D eigenvalue weighted by Crippen LogP contribution is 2.32. The number of rotatable bonds is 7. The number of nitrogens with zero attached hydrogens (tertiary/aromatic N) is 1. The van der Waals surface area contributed by atoms with Gasteiger partial charge in [-0.15, -0.1) is 0 Å². The normalized spacial score (nSPS) is 14.4. The predicted molar refractivity (Wildman–Crippen MR) is 110 cm³/mol. The van der Waals surface area contributed by atoms with Gasteiger partial charge >= 0.3 is 0 Å². The summed E-state index contributed by atoms with van der Waals surface area (Å²) in [6, 6.07) is 11.2. The standard InChI is InChI=1S/C19H24N2O5S2/c1-3-12-27(22,23)21-11-5-6-15-13-16(9-10-19(15)21)20-28(24,25)18-8-4-7-17(14-18)26-2/h4,7-10,13-14,20H,3,5-6,11-12H2,1-2H3. The Morgan fingerprint density at radius 1 is 1.11 bits per heavy atom. The molecule has 0 atom stereocenters. The van der Waals surface area contributed by atoms with Gasteiger partial charge in [-0.3, -0.25) is 9.03 Å². The van der Waals surface area contributed by atoms with E-state index in [1.807, 2.05) is 6.92 Å². The van der Waals surface area contributed by atoms with Crippen molar-refractivity contribution in [3.05, 3.63) is 48.0 Å². The second kappa shape index (κ2) is 8.00. The molecule has 9 heteroatoms. The van der Waals surface area contributed by atoms with E-state index in [1.165, 1.54) is 23.5 Å². The van der Waals surface area contributed by atoms with Crippen LogP contribution in [-0.2, 0) is 26.5 Å². The highest BCUT2D eigenvalue weighted by Gasteiger charge is 2.27. The maximum absolute atomic E-state index is 12.7. The fourth-order valence-corrected chi connectivity index (χ4v) is 5.97. The fraction of sp³-hybridized carbons (Fsp3) is 0.368. The number of anilines is 2. The topological polar surface area (TPSA) is 92.8 Å². The smallest absolute Gasteiger partial charge is 0.262 e. The number of hydrogen-bond donors (Lipinski definition) is 1. The van der Waals surface area contributed by atoms with Gasteiger partial charge < -0.3 is 4.74 Å². The Bertz CT molecular complexity index is 1070. The van der Waals surface area contributed by atoms with Gasteiger partial charge in [0.15, 0.2) is 0 Å². The monoisotopic (exact) mass is 424 g/mol. The molecular weight excluding hydrogens is 400 g/mol. The summed E-state index contributed by atoms with van der Waals surface area (Å²) in [6.45, 7) is 2.28. The van der Waals surface area contributed by atoms with Crippen molar-refractivity contribution >= 4 is 31.4 Å².